The number of carbonyl (C=O) groups excluding carboxylic acids is 1. The summed E-state index contributed by atoms with van der Waals surface area (Å²) in [5.74, 6) is 0.707. The summed E-state index contributed by atoms with van der Waals surface area (Å²) in [5.41, 5.74) is 4.24. The van der Waals surface area contributed by atoms with Gasteiger partial charge in [-0.1, -0.05) is 42.5 Å². The van der Waals surface area contributed by atoms with E-state index < -0.39 is 0 Å². The van der Waals surface area contributed by atoms with Crippen LogP contribution in [0.15, 0.2) is 48.6 Å². The number of benzene rings is 2. The van der Waals surface area contributed by atoms with Crippen molar-refractivity contribution in [2.24, 2.45) is 0 Å². The molecule has 2 atom stereocenters. The summed E-state index contributed by atoms with van der Waals surface area (Å²) in [6, 6.07) is 15.1. The fraction of sp³-hybridized carbons (Fsp3) is 0.471. The van der Waals surface area contributed by atoms with Crippen LogP contribution in [0, 0.1) is 18.3 Å². The number of aromatic nitrogens is 2. The number of ether oxygens (including phenoxy) is 3. The van der Waals surface area contributed by atoms with Gasteiger partial charge in [-0.25, -0.2) is 0 Å². The highest BCUT2D eigenvalue weighted by Crippen LogP contribution is 2.38. The number of hydrogen-bond acceptors (Lipinski definition) is 9. The number of rotatable bonds is 8. The van der Waals surface area contributed by atoms with Crippen LogP contribution in [0.1, 0.15) is 41.8 Å². The number of morpholine rings is 1. The summed E-state index contributed by atoms with van der Waals surface area (Å²) in [6.07, 6.45) is 4.27. The summed E-state index contributed by atoms with van der Waals surface area (Å²) in [6.45, 7) is 10.4. The van der Waals surface area contributed by atoms with Gasteiger partial charge in [-0.2, -0.15) is 15.2 Å². The Bertz CT molecular complexity index is 1560. The van der Waals surface area contributed by atoms with E-state index in [9.17, 15) is 10.1 Å². The molecule has 0 bridgehead atoms. The number of piperazine rings is 1. The molecule has 4 heterocycles. The minimum Gasteiger partial charge on any atom is -0.464 e. The van der Waals surface area contributed by atoms with Crippen molar-refractivity contribution in [2.45, 2.75) is 45.4 Å². The Morgan fingerprint density at radius 2 is 1.95 bits per heavy atom. The zero-order valence-electron chi connectivity index (χ0n) is 25.6. The van der Waals surface area contributed by atoms with E-state index in [1.54, 1.807) is 6.08 Å². The quantitative estimate of drug-likeness (QED) is 0.357. The SMILES string of the molecule is CCOc1nc2c(c(N3CCN(C(=O)/C=C/CN4CCOCC4)C(CC#N)C3)n1)COC(c1cccc3cccc(C)c13)C2. The maximum Gasteiger partial charge on any atom is 0.318 e. The molecular formula is C34H40N6O4. The molecule has 2 saturated heterocycles. The van der Waals surface area contributed by atoms with Gasteiger partial charge in [-0.3, -0.25) is 9.69 Å². The first-order valence-corrected chi connectivity index (χ1v) is 15.6. The number of anilines is 1. The normalized spacial score (nSPS) is 20.9. The molecule has 2 fully saturated rings. The fourth-order valence-electron chi connectivity index (χ4n) is 6.52. The number of fused-ring (bicyclic) bond motifs is 2. The Balaban J connectivity index is 1.22. The second-order valence-electron chi connectivity index (χ2n) is 11.5. The van der Waals surface area contributed by atoms with Crippen molar-refractivity contribution in [3.8, 4) is 12.1 Å². The molecule has 10 heteroatoms. The Hall–Kier alpha value is -4.04. The summed E-state index contributed by atoms with van der Waals surface area (Å²) < 4.78 is 17.8. The van der Waals surface area contributed by atoms with Gasteiger partial charge in [-0.05, 0) is 35.7 Å². The molecule has 3 aliphatic rings. The maximum absolute atomic E-state index is 13.2. The van der Waals surface area contributed by atoms with Crippen molar-refractivity contribution in [2.75, 3.05) is 64.0 Å². The Morgan fingerprint density at radius 3 is 2.75 bits per heavy atom. The van der Waals surface area contributed by atoms with E-state index in [0.717, 1.165) is 48.9 Å². The number of amides is 1. The number of nitrogens with zero attached hydrogens (tertiary/aromatic N) is 6. The molecule has 0 saturated carbocycles. The summed E-state index contributed by atoms with van der Waals surface area (Å²) in [5, 5.41) is 12.1. The van der Waals surface area contributed by atoms with E-state index in [4.69, 9.17) is 24.2 Å². The minimum atomic E-state index is -0.258. The van der Waals surface area contributed by atoms with Crippen molar-refractivity contribution >= 4 is 22.5 Å². The second-order valence-corrected chi connectivity index (χ2v) is 11.5. The molecule has 1 amide bonds. The third-order valence-electron chi connectivity index (χ3n) is 8.74. The van der Waals surface area contributed by atoms with Gasteiger partial charge in [0.25, 0.3) is 0 Å². The van der Waals surface area contributed by atoms with Gasteiger partial charge < -0.3 is 24.0 Å². The lowest BCUT2D eigenvalue weighted by Gasteiger charge is -2.42. The molecule has 1 aromatic heterocycles. The Kier molecular flexibility index (Phi) is 9.36. The van der Waals surface area contributed by atoms with Crippen molar-refractivity contribution in [3.63, 3.8) is 0 Å². The highest BCUT2D eigenvalue weighted by Gasteiger charge is 2.34. The van der Waals surface area contributed by atoms with Crippen molar-refractivity contribution in [1.82, 2.24) is 19.8 Å². The van der Waals surface area contributed by atoms with Gasteiger partial charge in [0.2, 0.25) is 5.91 Å². The number of aryl methyl sites for hydroxylation is 1. The van der Waals surface area contributed by atoms with Gasteiger partial charge in [0, 0.05) is 57.3 Å². The fourth-order valence-corrected chi connectivity index (χ4v) is 6.52. The molecule has 0 radical (unpaired) electrons. The highest BCUT2D eigenvalue weighted by atomic mass is 16.5. The molecule has 0 N–H and O–H groups in total. The lowest BCUT2D eigenvalue weighted by molar-refractivity contribution is -0.128. The molecule has 3 aliphatic heterocycles. The van der Waals surface area contributed by atoms with E-state index in [2.05, 4.69) is 59.2 Å². The van der Waals surface area contributed by atoms with E-state index in [0.29, 0.717) is 51.8 Å². The molecule has 6 rings (SSSR count). The van der Waals surface area contributed by atoms with Crippen LogP contribution in [0.3, 0.4) is 0 Å². The first-order valence-electron chi connectivity index (χ1n) is 15.6. The number of carbonyl (C=O) groups is 1. The number of hydrogen-bond donors (Lipinski definition) is 0. The molecule has 0 aliphatic carbocycles. The van der Waals surface area contributed by atoms with Crippen LogP contribution in [0.5, 0.6) is 6.01 Å². The average molecular weight is 597 g/mol. The van der Waals surface area contributed by atoms with Gasteiger partial charge in [0.1, 0.15) is 5.82 Å². The maximum atomic E-state index is 13.2. The van der Waals surface area contributed by atoms with Gasteiger partial charge in [-0.15, -0.1) is 0 Å². The third kappa shape index (κ3) is 6.41. The van der Waals surface area contributed by atoms with Crippen LogP contribution < -0.4 is 9.64 Å². The zero-order chi connectivity index (χ0) is 30.5. The molecular weight excluding hydrogens is 556 g/mol. The zero-order valence-corrected chi connectivity index (χ0v) is 25.6. The second kappa shape index (κ2) is 13.7. The van der Waals surface area contributed by atoms with E-state index in [-0.39, 0.29) is 24.5 Å². The number of nitriles is 1. The molecule has 2 unspecified atom stereocenters. The van der Waals surface area contributed by atoms with Crippen LogP contribution >= 0.6 is 0 Å². The molecule has 10 nitrogen and oxygen atoms in total. The predicted octanol–water partition coefficient (Wildman–Crippen LogP) is 3.97. The van der Waals surface area contributed by atoms with Crippen molar-refractivity contribution in [1.29, 1.82) is 5.26 Å². The van der Waals surface area contributed by atoms with Gasteiger partial charge >= 0.3 is 6.01 Å². The minimum absolute atomic E-state index is 0.0607. The summed E-state index contributed by atoms with van der Waals surface area (Å²) in [4.78, 5) is 29.1. The van der Waals surface area contributed by atoms with Crippen LogP contribution in [0.4, 0.5) is 5.82 Å². The van der Waals surface area contributed by atoms with E-state index >= 15 is 0 Å². The lowest BCUT2D eigenvalue weighted by atomic mass is 9.92. The predicted molar refractivity (Wildman–Crippen MR) is 167 cm³/mol. The van der Waals surface area contributed by atoms with Crippen molar-refractivity contribution in [3.05, 3.63) is 70.9 Å². The first kappa shape index (κ1) is 30.0. The van der Waals surface area contributed by atoms with E-state index in [1.807, 2.05) is 17.9 Å². The Labute approximate surface area is 258 Å². The molecule has 2 aromatic carbocycles. The van der Waals surface area contributed by atoms with E-state index in [1.165, 1.54) is 16.3 Å². The van der Waals surface area contributed by atoms with Gasteiger partial charge in [0.05, 0.1) is 56.8 Å². The lowest BCUT2D eigenvalue weighted by Crippen LogP contribution is -2.55. The molecule has 0 spiro atoms. The Morgan fingerprint density at radius 1 is 1.14 bits per heavy atom. The van der Waals surface area contributed by atoms with Crippen LogP contribution in [0.25, 0.3) is 10.8 Å². The standard InChI is InChI=1S/C34H40N6O4/c1-3-43-34-36-29-21-30(27-10-5-9-25-8-4-7-24(2)32(25)27)44-23-28(29)33(37-34)39-15-16-40(26(22-39)12-13-35)31(41)11-6-14-38-17-19-42-20-18-38/h4-11,26,30H,3,12,14-23H2,1-2H3/b11-6+. The largest absolute Gasteiger partial charge is 0.464 e. The molecule has 44 heavy (non-hydrogen) atoms. The average Bonchev–Trinajstić information content (AvgIpc) is 3.05. The smallest absolute Gasteiger partial charge is 0.318 e. The molecule has 230 valence electrons. The highest BCUT2D eigenvalue weighted by molar-refractivity contribution is 5.89. The summed E-state index contributed by atoms with van der Waals surface area (Å²) in [7, 11) is 0. The first-order chi connectivity index (χ1) is 21.6. The van der Waals surface area contributed by atoms with Crippen LogP contribution in [-0.4, -0.2) is 90.8 Å². The van der Waals surface area contributed by atoms with Crippen LogP contribution in [0.2, 0.25) is 0 Å². The molecule has 3 aromatic rings. The van der Waals surface area contributed by atoms with Crippen molar-refractivity contribution < 1.29 is 19.0 Å². The third-order valence-corrected chi connectivity index (χ3v) is 8.74. The topological polar surface area (TPSA) is 104 Å². The monoisotopic (exact) mass is 596 g/mol. The van der Waals surface area contributed by atoms with Gasteiger partial charge in [0.15, 0.2) is 0 Å². The summed E-state index contributed by atoms with van der Waals surface area (Å²) >= 11 is 0. The van der Waals surface area contributed by atoms with Crippen LogP contribution in [-0.2, 0) is 27.3 Å².